The molecule has 0 spiro atoms. The predicted octanol–water partition coefficient (Wildman–Crippen LogP) is 1.19. The number of alkyl carbamates (subject to hydrolysis) is 1. The van der Waals surface area contributed by atoms with Crippen LogP contribution >= 0.6 is 0 Å². The number of carbonyl (C=O) groups excluding carboxylic acids is 7. The lowest BCUT2D eigenvalue weighted by Gasteiger charge is -2.30. The van der Waals surface area contributed by atoms with Gasteiger partial charge in [0.05, 0.1) is 13.1 Å². The Kier molecular flexibility index (Phi) is 16.3. The standard InChI is InChI=1S/C35H54N6O9/c1-21(2)29(38-27(43)18-36-25(20-49-23(5)42)17-24-13-10-9-11-14-24)32(46)37-19-28(44)39-30(22(3)4)33(47)41-16-12-15-26(41)31(45)40-34(48)50-35(6,7)8/h9-11,13-14,21-22,25-26,29-30,36H,12,15-20H2,1-8H3,(H,37,46)(H,38,43)(H,39,44)(H,40,45,48)/t25?,26-,29-,30-/m0/s1. The maximum absolute atomic E-state index is 13.5. The van der Waals surface area contributed by atoms with Crippen LogP contribution in [0.3, 0.4) is 0 Å². The molecule has 1 fully saturated rings. The molecule has 5 N–H and O–H groups in total. The van der Waals surface area contributed by atoms with Gasteiger partial charge in [-0.15, -0.1) is 0 Å². The summed E-state index contributed by atoms with van der Waals surface area (Å²) < 4.78 is 10.3. The molecule has 15 heteroatoms. The van der Waals surface area contributed by atoms with E-state index in [4.69, 9.17) is 9.47 Å². The lowest BCUT2D eigenvalue weighted by atomic mass is 10.0. The summed E-state index contributed by atoms with van der Waals surface area (Å²) >= 11 is 0. The van der Waals surface area contributed by atoms with Crippen LogP contribution in [0.25, 0.3) is 0 Å². The number of imide groups is 1. The SMILES string of the molecule is CC(=O)OCC(Cc1ccccc1)NCC(=O)N[C@H](C(=O)NCC(=O)N[C@H](C(=O)N1CCC[C@H]1C(=O)NC(=O)OC(C)(C)C)C(C)C)C(C)C. The van der Waals surface area contributed by atoms with E-state index in [2.05, 4.69) is 26.6 Å². The fraction of sp³-hybridized carbons (Fsp3) is 0.629. The van der Waals surface area contributed by atoms with Gasteiger partial charge in [-0.2, -0.15) is 0 Å². The minimum atomic E-state index is -1.00. The molecular formula is C35H54N6O9. The number of nitrogens with one attached hydrogen (secondary N) is 5. The lowest BCUT2D eigenvalue weighted by molar-refractivity contribution is -0.142. The molecule has 1 aliphatic heterocycles. The molecule has 0 bridgehead atoms. The highest BCUT2D eigenvalue weighted by atomic mass is 16.6. The van der Waals surface area contributed by atoms with E-state index < -0.39 is 71.9 Å². The van der Waals surface area contributed by atoms with Gasteiger partial charge in [0.25, 0.3) is 5.91 Å². The van der Waals surface area contributed by atoms with E-state index in [-0.39, 0.29) is 37.6 Å². The molecule has 1 saturated heterocycles. The number of carbonyl (C=O) groups is 7. The highest BCUT2D eigenvalue weighted by Crippen LogP contribution is 2.21. The van der Waals surface area contributed by atoms with Gasteiger partial charge in [-0.25, -0.2) is 4.79 Å². The number of ether oxygens (including phenoxy) is 2. The summed E-state index contributed by atoms with van der Waals surface area (Å²) in [6.07, 6.45) is 0.463. The summed E-state index contributed by atoms with van der Waals surface area (Å²) in [6, 6.07) is 6.28. The van der Waals surface area contributed by atoms with Crippen LogP contribution in [0.15, 0.2) is 30.3 Å². The van der Waals surface area contributed by atoms with Crippen LogP contribution in [0.5, 0.6) is 0 Å². The first-order chi connectivity index (χ1) is 23.4. The fourth-order valence-corrected chi connectivity index (χ4v) is 5.29. The van der Waals surface area contributed by atoms with Crippen LogP contribution in [0.1, 0.15) is 73.8 Å². The van der Waals surface area contributed by atoms with E-state index in [0.717, 1.165) is 5.56 Å². The first-order valence-corrected chi connectivity index (χ1v) is 17.0. The van der Waals surface area contributed by atoms with E-state index in [9.17, 15) is 33.6 Å². The molecule has 278 valence electrons. The minimum Gasteiger partial charge on any atom is -0.464 e. The highest BCUT2D eigenvalue weighted by Gasteiger charge is 2.39. The van der Waals surface area contributed by atoms with Crippen molar-refractivity contribution in [2.75, 3.05) is 26.2 Å². The average Bonchev–Trinajstić information content (AvgIpc) is 3.52. The van der Waals surface area contributed by atoms with Gasteiger partial charge in [0.2, 0.25) is 23.6 Å². The molecule has 0 saturated carbocycles. The summed E-state index contributed by atoms with van der Waals surface area (Å²) in [5, 5.41) is 13.2. The zero-order chi connectivity index (χ0) is 37.6. The summed E-state index contributed by atoms with van der Waals surface area (Å²) in [7, 11) is 0. The molecule has 0 radical (unpaired) electrons. The molecule has 6 amide bonds. The first-order valence-electron chi connectivity index (χ1n) is 17.0. The number of hydrogen-bond donors (Lipinski definition) is 5. The van der Waals surface area contributed by atoms with Crippen molar-refractivity contribution >= 4 is 41.6 Å². The van der Waals surface area contributed by atoms with Crippen LogP contribution in [0.2, 0.25) is 0 Å². The van der Waals surface area contributed by atoms with Crippen molar-refractivity contribution in [3.8, 4) is 0 Å². The quantitative estimate of drug-likeness (QED) is 0.156. The van der Waals surface area contributed by atoms with Crippen molar-refractivity contribution in [1.29, 1.82) is 0 Å². The third-order valence-corrected chi connectivity index (χ3v) is 7.76. The van der Waals surface area contributed by atoms with E-state index in [1.807, 2.05) is 30.3 Å². The summed E-state index contributed by atoms with van der Waals surface area (Å²) in [6.45, 7) is 13.0. The number of benzene rings is 1. The molecule has 2 rings (SSSR count). The number of esters is 1. The van der Waals surface area contributed by atoms with Crippen molar-refractivity contribution < 1.29 is 43.0 Å². The van der Waals surface area contributed by atoms with Crippen LogP contribution in [-0.2, 0) is 44.7 Å². The van der Waals surface area contributed by atoms with Gasteiger partial charge >= 0.3 is 12.1 Å². The Morgan fingerprint density at radius 1 is 0.880 bits per heavy atom. The van der Waals surface area contributed by atoms with Gasteiger partial charge in [-0.3, -0.25) is 34.1 Å². The molecule has 1 heterocycles. The molecule has 4 atom stereocenters. The van der Waals surface area contributed by atoms with Crippen molar-refractivity contribution in [2.45, 2.75) is 104 Å². The Balaban J connectivity index is 1.95. The molecule has 1 aromatic carbocycles. The van der Waals surface area contributed by atoms with Crippen molar-refractivity contribution in [3.05, 3.63) is 35.9 Å². The van der Waals surface area contributed by atoms with Gasteiger partial charge in [-0.1, -0.05) is 58.0 Å². The van der Waals surface area contributed by atoms with Gasteiger partial charge < -0.3 is 35.6 Å². The Morgan fingerprint density at radius 2 is 1.48 bits per heavy atom. The van der Waals surface area contributed by atoms with Crippen LogP contribution in [0.4, 0.5) is 4.79 Å². The fourth-order valence-electron chi connectivity index (χ4n) is 5.29. The van der Waals surface area contributed by atoms with E-state index in [0.29, 0.717) is 19.3 Å². The number of rotatable bonds is 16. The maximum Gasteiger partial charge on any atom is 0.414 e. The smallest absolute Gasteiger partial charge is 0.414 e. The Morgan fingerprint density at radius 3 is 2.06 bits per heavy atom. The van der Waals surface area contributed by atoms with Crippen molar-refractivity contribution in [3.63, 3.8) is 0 Å². The molecule has 1 aliphatic rings. The van der Waals surface area contributed by atoms with Crippen molar-refractivity contribution in [1.82, 2.24) is 31.5 Å². The van der Waals surface area contributed by atoms with Crippen molar-refractivity contribution in [2.24, 2.45) is 11.8 Å². The third-order valence-electron chi connectivity index (χ3n) is 7.76. The topological polar surface area (TPSA) is 201 Å². The maximum atomic E-state index is 13.5. The Hall–Kier alpha value is -4.53. The summed E-state index contributed by atoms with van der Waals surface area (Å²) in [4.78, 5) is 90.2. The highest BCUT2D eigenvalue weighted by molar-refractivity contribution is 5.98. The first kappa shape index (κ1) is 41.6. The molecule has 50 heavy (non-hydrogen) atoms. The Labute approximate surface area is 294 Å². The molecule has 1 unspecified atom stereocenters. The molecule has 0 aliphatic carbocycles. The van der Waals surface area contributed by atoms with Crippen LogP contribution in [-0.4, -0.2) is 103 Å². The monoisotopic (exact) mass is 702 g/mol. The summed E-state index contributed by atoms with van der Waals surface area (Å²) in [5.41, 5.74) is 0.177. The summed E-state index contributed by atoms with van der Waals surface area (Å²) in [5.74, 6) is -3.97. The Bertz CT molecular complexity index is 1350. The zero-order valence-electron chi connectivity index (χ0n) is 30.4. The second-order valence-corrected chi connectivity index (χ2v) is 14.0. The number of likely N-dealkylation sites (tertiary alicyclic amines) is 1. The second kappa shape index (κ2) is 19.6. The van der Waals surface area contributed by atoms with E-state index in [1.165, 1.54) is 11.8 Å². The molecule has 0 aromatic heterocycles. The molecule has 1 aromatic rings. The van der Waals surface area contributed by atoms with Crippen LogP contribution in [0, 0.1) is 11.8 Å². The van der Waals surface area contributed by atoms with Gasteiger partial charge in [0.1, 0.15) is 30.3 Å². The second-order valence-electron chi connectivity index (χ2n) is 14.0. The van der Waals surface area contributed by atoms with Gasteiger partial charge in [-0.05, 0) is 57.4 Å². The molecular weight excluding hydrogens is 648 g/mol. The van der Waals surface area contributed by atoms with Gasteiger partial charge in [0, 0.05) is 19.5 Å². The third kappa shape index (κ3) is 14.5. The lowest BCUT2D eigenvalue weighted by Crippen LogP contribution is -2.57. The minimum absolute atomic E-state index is 0.0539. The predicted molar refractivity (Wildman–Crippen MR) is 184 cm³/mol. The van der Waals surface area contributed by atoms with Crippen LogP contribution < -0.4 is 26.6 Å². The van der Waals surface area contributed by atoms with E-state index >= 15 is 0 Å². The normalized spacial score (nSPS) is 16.2. The van der Waals surface area contributed by atoms with E-state index in [1.54, 1.807) is 48.5 Å². The van der Waals surface area contributed by atoms with Gasteiger partial charge in [0.15, 0.2) is 0 Å². The number of nitrogens with zero attached hydrogens (tertiary/aromatic N) is 1. The molecule has 15 nitrogen and oxygen atoms in total. The zero-order valence-corrected chi connectivity index (χ0v) is 30.4. The average molecular weight is 703 g/mol. The largest absolute Gasteiger partial charge is 0.464 e. The number of amides is 6. The number of hydrogen-bond acceptors (Lipinski definition) is 10.